The van der Waals surface area contributed by atoms with E-state index >= 15 is 0 Å². The molecule has 11 aromatic carbocycles. The topological polar surface area (TPSA) is 51.8 Å². The van der Waals surface area contributed by atoms with Crippen LogP contribution in [0.15, 0.2) is 271 Å². The highest BCUT2D eigenvalue weighted by molar-refractivity contribution is 6.13. The second-order valence-electron chi connectivity index (χ2n) is 22.7. The van der Waals surface area contributed by atoms with Gasteiger partial charge in [-0.15, -0.1) is 0 Å². The number of fused-ring (bicyclic) bond motifs is 17. The Morgan fingerprint density at radius 2 is 0.964 bits per heavy atom. The van der Waals surface area contributed by atoms with Crippen LogP contribution in [0.1, 0.15) is 69.7 Å². The van der Waals surface area contributed by atoms with Gasteiger partial charge in [-0.1, -0.05) is 231 Å². The van der Waals surface area contributed by atoms with Gasteiger partial charge in [-0.2, -0.15) is 0 Å². The van der Waals surface area contributed by atoms with Crippen molar-refractivity contribution in [2.24, 2.45) is 0 Å². The molecule has 4 aliphatic carbocycles. The second-order valence-corrected chi connectivity index (χ2v) is 22.7. The standard InChI is InChI=1S/C79H53N3O/c1-6-19-49(20-7-1)54-34-41-69-65(46-54)66-47-55(50-21-8-2-9-22-50)35-42-70(66)79(69)68-31-17-16-29-62(68)74-61-39-38-58(51-23-10-3-11-24-51)59-37-33-56(45-64(59)60(61)40-43-71(74)79)57-36-44-72-67(48-57)75-63(30-18-32-73(75)83-72)78-81-76(52-25-12-4-13-26-52)80-77(82-78)53-27-14-5-15-28-53/h1,3-8,10-37,40-48,58H,2,9,38-39H2. The zero-order valence-electron chi connectivity index (χ0n) is 45.6. The monoisotopic (exact) mass is 1060 g/mol. The summed E-state index contributed by atoms with van der Waals surface area (Å²) in [6, 6.07) is 91.5. The first-order chi connectivity index (χ1) is 41.1. The third kappa shape index (κ3) is 7.42. The maximum atomic E-state index is 6.69. The van der Waals surface area contributed by atoms with E-state index in [-0.39, 0.29) is 5.92 Å². The fraction of sp³-hybridized carbons (Fsp3) is 0.0759. The Hall–Kier alpha value is -10.3. The normalized spacial score (nSPS) is 16.2. The van der Waals surface area contributed by atoms with Crippen LogP contribution in [0.3, 0.4) is 0 Å². The lowest BCUT2D eigenvalue weighted by atomic mass is 9.70. The first-order valence-corrected chi connectivity index (χ1v) is 29.1. The molecule has 4 aliphatic rings. The van der Waals surface area contributed by atoms with Crippen molar-refractivity contribution < 1.29 is 4.42 Å². The minimum Gasteiger partial charge on any atom is -0.456 e. The Morgan fingerprint density at radius 3 is 1.70 bits per heavy atom. The third-order valence-corrected chi connectivity index (χ3v) is 18.3. The highest BCUT2D eigenvalue weighted by Gasteiger charge is 2.53. The molecule has 83 heavy (non-hydrogen) atoms. The van der Waals surface area contributed by atoms with Crippen LogP contribution in [0.2, 0.25) is 0 Å². The highest BCUT2D eigenvalue weighted by atomic mass is 16.3. The van der Waals surface area contributed by atoms with Crippen molar-refractivity contribution in [3.63, 3.8) is 0 Å². The summed E-state index contributed by atoms with van der Waals surface area (Å²) in [5.74, 6) is 2.04. The molecule has 390 valence electrons. The number of furan rings is 1. The molecule has 2 atom stereocenters. The van der Waals surface area contributed by atoms with Gasteiger partial charge in [0, 0.05) is 33.4 Å². The van der Waals surface area contributed by atoms with Gasteiger partial charge in [-0.3, -0.25) is 0 Å². The van der Waals surface area contributed by atoms with Crippen LogP contribution in [-0.4, -0.2) is 15.0 Å². The molecule has 0 aliphatic heterocycles. The van der Waals surface area contributed by atoms with Crippen molar-refractivity contribution in [3.8, 4) is 89.8 Å². The summed E-state index contributed by atoms with van der Waals surface area (Å²) >= 11 is 0. The lowest BCUT2D eigenvalue weighted by Crippen LogP contribution is -2.26. The van der Waals surface area contributed by atoms with Gasteiger partial charge in [0.05, 0.1) is 5.41 Å². The van der Waals surface area contributed by atoms with Crippen molar-refractivity contribution in [1.82, 2.24) is 15.0 Å². The largest absolute Gasteiger partial charge is 0.456 e. The summed E-state index contributed by atoms with van der Waals surface area (Å²) in [7, 11) is 0. The van der Waals surface area contributed by atoms with E-state index in [9.17, 15) is 0 Å². The van der Waals surface area contributed by atoms with Crippen molar-refractivity contribution >= 4 is 27.5 Å². The summed E-state index contributed by atoms with van der Waals surface area (Å²) < 4.78 is 6.69. The molecule has 1 spiro atoms. The summed E-state index contributed by atoms with van der Waals surface area (Å²) in [4.78, 5) is 15.4. The number of hydrogen-bond donors (Lipinski definition) is 0. The van der Waals surface area contributed by atoms with Gasteiger partial charge in [0.15, 0.2) is 17.5 Å². The zero-order valence-corrected chi connectivity index (χ0v) is 45.6. The molecule has 0 saturated heterocycles. The van der Waals surface area contributed by atoms with Crippen LogP contribution >= 0.6 is 0 Å². The van der Waals surface area contributed by atoms with Crippen LogP contribution < -0.4 is 0 Å². The van der Waals surface area contributed by atoms with Gasteiger partial charge in [0.2, 0.25) is 0 Å². The first-order valence-electron chi connectivity index (χ1n) is 29.1. The molecule has 2 aromatic heterocycles. The molecule has 17 rings (SSSR count). The average molecular weight is 1060 g/mol. The third-order valence-electron chi connectivity index (χ3n) is 18.3. The minimum absolute atomic E-state index is 0.199. The van der Waals surface area contributed by atoms with Crippen LogP contribution in [0.5, 0.6) is 0 Å². The molecule has 4 heteroatoms. The Bertz CT molecular complexity index is 4790. The Balaban J connectivity index is 0.852. The maximum absolute atomic E-state index is 6.69. The van der Waals surface area contributed by atoms with E-state index in [1.54, 1.807) is 0 Å². The van der Waals surface area contributed by atoms with Gasteiger partial charge >= 0.3 is 0 Å². The van der Waals surface area contributed by atoms with E-state index in [1.165, 1.54) is 94.6 Å². The molecule has 0 saturated carbocycles. The summed E-state index contributed by atoms with van der Waals surface area (Å²) in [5.41, 5.74) is 28.7. The molecule has 2 heterocycles. The fourth-order valence-corrected chi connectivity index (χ4v) is 14.6. The SMILES string of the molecule is C1=CC(c2ccc3c(c2)-c2cc(-c4ccccc4)ccc2C32c3ccccc3-c3c2ccc2c3CCC(c3ccccc3)c3ccc(-c4ccc5oc6cccc(-c7nc(-c8ccccc8)nc(-c8ccccc8)n7)c6c5c4)cc3-2)=CCC1. The number of nitrogens with zero attached hydrogens (tertiary/aromatic N) is 3. The molecule has 0 bridgehead atoms. The van der Waals surface area contributed by atoms with Crippen molar-refractivity contribution in [2.45, 2.75) is 37.0 Å². The van der Waals surface area contributed by atoms with Gasteiger partial charge < -0.3 is 4.42 Å². The van der Waals surface area contributed by atoms with Gasteiger partial charge in [0.1, 0.15) is 11.2 Å². The summed E-state index contributed by atoms with van der Waals surface area (Å²) in [6.45, 7) is 0. The lowest BCUT2D eigenvalue weighted by molar-refractivity contribution is 0.669. The molecular formula is C79H53N3O. The van der Waals surface area contributed by atoms with Gasteiger partial charge in [-0.25, -0.2) is 15.0 Å². The van der Waals surface area contributed by atoms with Crippen LogP contribution in [0.4, 0.5) is 0 Å². The Labute approximate surface area is 482 Å². The molecule has 0 amide bonds. The van der Waals surface area contributed by atoms with Crippen LogP contribution in [-0.2, 0) is 11.8 Å². The minimum atomic E-state index is -0.499. The number of benzene rings is 11. The smallest absolute Gasteiger partial charge is 0.164 e. The number of rotatable bonds is 7. The Kier molecular flexibility index (Phi) is 10.8. The number of aromatic nitrogens is 3. The lowest BCUT2D eigenvalue weighted by Gasteiger charge is -2.31. The zero-order chi connectivity index (χ0) is 54.6. The van der Waals surface area contributed by atoms with E-state index in [1.807, 2.05) is 42.5 Å². The van der Waals surface area contributed by atoms with Crippen LogP contribution in [0, 0.1) is 0 Å². The van der Waals surface area contributed by atoms with Crippen molar-refractivity contribution in [3.05, 3.63) is 311 Å². The van der Waals surface area contributed by atoms with Crippen LogP contribution in [0.25, 0.3) is 117 Å². The predicted molar refractivity (Wildman–Crippen MR) is 339 cm³/mol. The van der Waals surface area contributed by atoms with E-state index in [2.05, 4.69) is 224 Å². The first kappa shape index (κ1) is 47.5. The quantitative estimate of drug-likeness (QED) is 0.160. The van der Waals surface area contributed by atoms with E-state index in [0.717, 1.165) is 75.4 Å². The van der Waals surface area contributed by atoms with Gasteiger partial charge in [-0.05, 0) is 168 Å². The average Bonchev–Trinajstić information content (AvgIpc) is 1.61. The molecule has 4 nitrogen and oxygen atoms in total. The maximum Gasteiger partial charge on any atom is 0.164 e. The molecular weight excluding hydrogens is 1010 g/mol. The number of allylic oxidation sites excluding steroid dienone is 4. The molecule has 2 unspecified atom stereocenters. The molecule has 13 aromatic rings. The van der Waals surface area contributed by atoms with Crippen molar-refractivity contribution in [1.29, 1.82) is 0 Å². The summed E-state index contributed by atoms with van der Waals surface area (Å²) in [6.07, 6.45) is 11.1. The number of hydrogen-bond acceptors (Lipinski definition) is 4. The second kappa shape index (κ2) is 18.9. The van der Waals surface area contributed by atoms with Crippen molar-refractivity contribution in [2.75, 3.05) is 0 Å². The van der Waals surface area contributed by atoms with Gasteiger partial charge in [0.25, 0.3) is 0 Å². The predicted octanol–water partition coefficient (Wildman–Crippen LogP) is 19.9. The Morgan fingerprint density at radius 1 is 0.386 bits per heavy atom. The summed E-state index contributed by atoms with van der Waals surface area (Å²) in [5, 5.41) is 1.99. The molecule has 0 N–H and O–H groups in total. The molecule has 0 radical (unpaired) electrons. The highest BCUT2D eigenvalue weighted by Crippen LogP contribution is 2.65. The fourth-order valence-electron chi connectivity index (χ4n) is 14.6. The van der Waals surface area contributed by atoms with E-state index in [0.29, 0.717) is 17.5 Å². The van der Waals surface area contributed by atoms with E-state index < -0.39 is 5.41 Å². The molecule has 0 fully saturated rings. The van der Waals surface area contributed by atoms with E-state index in [4.69, 9.17) is 19.4 Å².